The van der Waals surface area contributed by atoms with Crippen LogP contribution < -0.4 is 19.5 Å². The number of thiophene rings is 1. The molecule has 2 aromatic rings. The van der Waals surface area contributed by atoms with Crippen molar-refractivity contribution in [2.45, 2.75) is 17.7 Å². The Morgan fingerprint density at radius 1 is 1.12 bits per heavy atom. The number of anilines is 1. The molecular formula is C15H18N2O5S2. The molecule has 0 unspecified atom stereocenters. The lowest BCUT2D eigenvalue weighted by atomic mass is 10.3. The molecule has 1 amide bonds. The second-order valence-corrected chi connectivity index (χ2v) is 7.91. The summed E-state index contributed by atoms with van der Waals surface area (Å²) in [7, 11) is -0.763. The van der Waals surface area contributed by atoms with E-state index in [0.717, 1.165) is 16.2 Å². The van der Waals surface area contributed by atoms with Crippen molar-refractivity contribution < 1.29 is 22.7 Å². The summed E-state index contributed by atoms with van der Waals surface area (Å²) in [6.45, 7) is 1.70. The van der Waals surface area contributed by atoms with Crippen LogP contribution in [0.25, 0.3) is 0 Å². The molecule has 0 aliphatic rings. The quantitative estimate of drug-likeness (QED) is 0.779. The first-order valence-corrected chi connectivity index (χ1v) is 9.23. The van der Waals surface area contributed by atoms with Gasteiger partial charge in [0.25, 0.3) is 10.0 Å². The fourth-order valence-electron chi connectivity index (χ4n) is 1.88. The van der Waals surface area contributed by atoms with E-state index in [0.29, 0.717) is 23.7 Å². The van der Waals surface area contributed by atoms with Gasteiger partial charge in [0.15, 0.2) is 0 Å². The van der Waals surface area contributed by atoms with Crippen molar-refractivity contribution in [1.82, 2.24) is 5.32 Å². The molecule has 1 aromatic heterocycles. The van der Waals surface area contributed by atoms with Gasteiger partial charge in [-0.2, -0.15) is 0 Å². The predicted octanol–water partition coefficient (Wildman–Crippen LogP) is 2.20. The van der Waals surface area contributed by atoms with Gasteiger partial charge in [0.1, 0.15) is 15.7 Å². The van der Waals surface area contributed by atoms with Crippen molar-refractivity contribution in [3.63, 3.8) is 0 Å². The zero-order chi connectivity index (χ0) is 17.7. The first-order chi connectivity index (χ1) is 11.3. The standard InChI is InChI=1S/C15H18N2O5S2/c1-10(18)16-9-14-4-5-15(23-14)24(19,20)17-11-6-12(21-2)8-13(7-11)22-3/h4-8,17H,9H2,1-3H3,(H,16,18). The van der Waals surface area contributed by atoms with Crippen LogP contribution in [0.4, 0.5) is 5.69 Å². The molecule has 9 heteroatoms. The van der Waals surface area contributed by atoms with E-state index in [1.54, 1.807) is 24.3 Å². The van der Waals surface area contributed by atoms with E-state index in [1.807, 2.05) is 0 Å². The Labute approximate surface area is 144 Å². The first-order valence-electron chi connectivity index (χ1n) is 6.93. The maximum atomic E-state index is 12.5. The molecule has 0 aliphatic heterocycles. The zero-order valence-corrected chi connectivity index (χ0v) is 15.1. The third-order valence-electron chi connectivity index (χ3n) is 3.02. The van der Waals surface area contributed by atoms with Crippen molar-refractivity contribution in [2.75, 3.05) is 18.9 Å². The average Bonchev–Trinajstić information content (AvgIpc) is 3.02. The number of ether oxygens (including phenoxy) is 2. The lowest BCUT2D eigenvalue weighted by molar-refractivity contribution is -0.119. The van der Waals surface area contributed by atoms with E-state index in [9.17, 15) is 13.2 Å². The highest BCUT2D eigenvalue weighted by molar-refractivity contribution is 7.94. The number of amides is 1. The Kier molecular flexibility index (Phi) is 5.68. The number of hydrogen-bond donors (Lipinski definition) is 2. The molecule has 130 valence electrons. The van der Waals surface area contributed by atoms with Gasteiger partial charge in [0, 0.05) is 30.0 Å². The van der Waals surface area contributed by atoms with E-state index < -0.39 is 10.0 Å². The van der Waals surface area contributed by atoms with Crippen LogP contribution in [0.15, 0.2) is 34.5 Å². The van der Waals surface area contributed by atoms with Gasteiger partial charge in [0.2, 0.25) is 5.91 Å². The van der Waals surface area contributed by atoms with E-state index in [1.165, 1.54) is 27.2 Å². The van der Waals surface area contributed by atoms with Crippen LogP contribution >= 0.6 is 11.3 Å². The van der Waals surface area contributed by atoms with Crippen LogP contribution in [0.5, 0.6) is 11.5 Å². The molecule has 7 nitrogen and oxygen atoms in total. The van der Waals surface area contributed by atoms with Crippen molar-refractivity contribution in [1.29, 1.82) is 0 Å². The molecule has 1 aromatic carbocycles. The maximum Gasteiger partial charge on any atom is 0.271 e. The normalized spacial score (nSPS) is 11.0. The van der Waals surface area contributed by atoms with Crippen molar-refractivity contribution in [3.05, 3.63) is 35.2 Å². The minimum absolute atomic E-state index is 0.157. The average molecular weight is 370 g/mol. The Balaban J connectivity index is 2.21. The second kappa shape index (κ2) is 7.54. The van der Waals surface area contributed by atoms with E-state index >= 15 is 0 Å². The third kappa shape index (κ3) is 4.62. The van der Waals surface area contributed by atoms with Gasteiger partial charge in [-0.3, -0.25) is 9.52 Å². The molecule has 1 heterocycles. The molecule has 2 rings (SSSR count). The van der Waals surface area contributed by atoms with Crippen LogP contribution in [0.3, 0.4) is 0 Å². The predicted molar refractivity (Wildman–Crippen MR) is 92.2 cm³/mol. The number of benzene rings is 1. The minimum Gasteiger partial charge on any atom is -0.497 e. The summed E-state index contributed by atoms with van der Waals surface area (Å²) in [6.07, 6.45) is 0. The Morgan fingerprint density at radius 2 is 1.75 bits per heavy atom. The number of nitrogens with one attached hydrogen (secondary N) is 2. The molecule has 0 saturated heterocycles. The molecule has 24 heavy (non-hydrogen) atoms. The van der Waals surface area contributed by atoms with Crippen LogP contribution in [0, 0.1) is 0 Å². The second-order valence-electron chi connectivity index (χ2n) is 4.84. The molecule has 0 atom stereocenters. The van der Waals surface area contributed by atoms with Crippen LogP contribution in [-0.4, -0.2) is 28.5 Å². The van der Waals surface area contributed by atoms with Gasteiger partial charge in [-0.05, 0) is 12.1 Å². The fourth-order valence-corrected chi connectivity index (χ4v) is 4.22. The molecule has 0 fully saturated rings. The Hall–Kier alpha value is -2.26. The number of methoxy groups -OCH3 is 2. The summed E-state index contributed by atoms with van der Waals surface area (Å²) in [5.74, 6) is 0.781. The molecule has 0 spiro atoms. The van der Waals surface area contributed by atoms with E-state index in [-0.39, 0.29) is 10.1 Å². The van der Waals surface area contributed by atoms with Gasteiger partial charge < -0.3 is 14.8 Å². The number of sulfonamides is 1. The number of carbonyl (C=O) groups excluding carboxylic acids is 1. The third-order valence-corrected chi connectivity index (χ3v) is 5.98. The topological polar surface area (TPSA) is 93.7 Å². The van der Waals surface area contributed by atoms with E-state index in [2.05, 4.69) is 10.0 Å². The molecule has 0 aliphatic carbocycles. The molecule has 0 bridgehead atoms. The highest BCUT2D eigenvalue weighted by Crippen LogP contribution is 2.29. The lowest BCUT2D eigenvalue weighted by Crippen LogP contribution is -2.18. The lowest BCUT2D eigenvalue weighted by Gasteiger charge is -2.10. The van der Waals surface area contributed by atoms with Gasteiger partial charge in [-0.25, -0.2) is 8.42 Å². The SMILES string of the molecule is COc1cc(NS(=O)(=O)c2ccc(CNC(C)=O)s2)cc(OC)c1. The highest BCUT2D eigenvalue weighted by atomic mass is 32.2. The largest absolute Gasteiger partial charge is 0.497 e. The smallest absolute Gasteiger partial charge is 0.271 e. The number of carbonyl (C=O) groups is 1. The van der Waals surface area contributed by atoms with Crippen molar-refractivity contribution in [3.8, 4) is 11.5 Å². The summed E-state index contributed by atoms with van der Waals surface area (Å²) in [4.78, 5) is 11.7. The monoisotopic (exact) mass is 370 g/mol. The summed E-state index contributed by atoms with van der Waals surface area (Å²) in [5, 5.41) is 2.63. The van der Waals surface area contributed by atoms with Crippen molar-refractivity contribution >= 4 is 33.0 Å². The summed E-state index contributed by atoms with van der Waals surface area (Å²) in [6, 6.07) is 7.94. The Bertz CT molecular complexity index is 808. The van der Waals surface area contributed by atoms with Gasteiger partial charge >= 0.3 is 0 Å². The Morgan fingerprint density at radius 3 is 2.29 bits per heavy atom. The van der Waals surface area contributed by atoms with Gasteiger partial charge in [-0.1, -0.05) is 0 Å². The fraction of sp³-hybridized carbons (Fsp3) is 0.267. The minimum atomic E-state index is -3.74. The molecular weight excluding hydrogens is 352 g/mol. The highest BCUT2D eigenvalue weighted by Gasteiger charge is 2.18. The molecule has 0 radical (unpaired) electrons. The maximum absolute atomic E-state index is 12.5. The summed E-state index contributed by atoms with van der Waals surface area (Å²) in [5.41, 5.74) is 0.336. The molecule has 0 saturated carbocycles. The van der Waals surface area contributed by atoms with Gasteiger partial charge in [-0.15, -0.1) is 11.3 Å². The summed E-state index contributed by atoms with van der Waals surface area (Å²) < 4.78 is 37.9. The van der Waals surface area contributed by atoms with E-state index in [4.69, 9.17) is 9.47 Å². The zero-order valence-electron chi connectivity index (χ0n) is 13.5. The number of hydrogen-bond acceptors (Lipinski definition) is 6. The molecule has 2 N–H and O–H groups in total. The van der Waals surface area contributed by atoms with Crippen LogP contribution in [0.1, 0.15) is 11.8 Å². The van der Waals surface area contributed by atoms with Gasteiger partial charge in [0.05, 0.1) is 26.5 Å². The first kappa shape index (κ1) is 18.1. The van der Waals surface area contributed by atoms with Crippen molar-refractivity contribution in [2.24, 2.45) is 0 Å². The van der Waals surface area contributed by atoms with Crippen LogP contribution in [0.2, 0.25) is 0 Å². The summed E-state index contributed by atoms with van der Waals surface area (Å²) >= 11 is 1.09. The number of rotatable bonds is 7. The van der Waals surface area contributed by atoms with Crippen LogP contribution in [-0.2, 0) is 21.4 Å².